The van der Waals surface area contributed by atoms with Crippen molar-refractivity contribution in [1.82, 2.24) is 0 Å². The molecule has 8 saturated carbocycles. The molecule has 0 saturated heterocycles. The first-order valence-corrected chi connectivity index (χ1v) is 18.5. The molecule has 12 rings (SSSR count). The molecule has 8 bridgehead atoms. The smallest absolute Gasteiger partial charge is 0.135 e. The third-order valence-electron chi connectivity index (χ3n) is 13.6. The molecule has 0 heterocycles. The Hall–Kier alpha value is -3.66. The Morgan fingerprint density at radius 3 is 1.12 bits per heavy atom. The number of ether oxygens (including phenoxy) is 2. The van der Waals surface area contributed by atoms with Gasteiger partial charge in [-0.25, -0.2) is 8.78 Å². The summed E-state index contributed by atoms with van der Waals surface area (Å²) in [5.41, 5.74) is 5.15. The van der Waals surface area contributed by atoms with Gasteiger partial charge in [-0.15, -0.1) is 0 Å². The van der Waals surface area contributed by atoms with Crippen LogP contribution in [0.15, 0.2) is 84.9 Å². The first-order valence-electron chi connectivity index (χ1n) is 18.5. The Balaban J connectivity index is 1.14. The van der Waals surface area contributed by atoms with E-state index in [0.717, 1.165) is 46.6 Å². The van der Waals surface area contributed by atoms with Crippen molar-refractivity contribution in [2.24, 2.45) is 35.5 Å². The number of benzene rings is 4. The van der Waals surface area contributed by atoms with Crippen LogP contribution in [0.3, 0.4) is 0 Å². The first kappa shape index (κ1) is 29.3. The summed E-state index contributed by atoms with van der Waals surface area (Å²) in [4.78, 5) is 0. The molecule has 0 amide bonds. The highest BCUT2D eigenvalue weighted by Gasteiger charge is 2.53. The van der Waals surface area contributed by atoms with E-state index < -0.39 is 0 Å². The minimum absolute atomic E-state index is 0.196. The molecule has 0 unspecified atom stereocenters. The standard InChI is InChI=1S/C44H44F2O2/c45-35-3-1-5-37(19-35)47-41-9-7-33(43-21-27-11-28(22-43)13-29(12-27)23-43)17-39(41)40-18-34(8-10-42(40)48-38-6-2-4-36(46)20-38)44-24-30-14-31(25-44)16-32(15-30)26-44/h1-10,17-20,27-32H,11-16,21-26H2. The molecule has 2 nitrogen and oxygen atoms in total. The maximum absolute atomic E-state index is 14.4. The highest BCUT2D eigenvalue weighted by Crippen LogP contribution is 2.63. The molecule has 8 aliphatic carbocycles. The molecule has 0 atom stereocenters. The molecule has 4 heteroatoms. The van der Waals surface area contributed by atoms with Gasteiger partial charge in [0.1, 0.15) is 34.6 Å². The number of rotatable bonds is 7. The predicted octanol–water partition coefficient (Wildman–Crippen LogP) is 12.2. The molecule has 4 aromatic carbocycles. The minimum atomic E-state index is -0.321. The lowest BCUT2D eigenvalue weighted by Gasteiger charge is -2.57. The van der Waals surface area contributed by atoms with Crippen molar-refractivity contribution in [1.29, 1.82) is 0 Å². The molecule has 0 spiro atoms. The van der Waals surface area contributed by atoms with Gasteiger partial charge in [0.2, 0.25) is 0 Å². The van der Waals surface area contributed by atoms with E-state index in [1.54, 1.807) is 12.1 Å². The average Bonchev–Trinajstić information content (AvgIpc) is 3.04. The summed E-state index contributed by atoms with van der Waals surface area (Å²) in [6, 6.07) is 26.4. The lowest BCUT2D eigenvalue weighted by atomic mass is 9.48. The lowest BCUT2D eigenvalue weighted by molar-refractivity contribution is -0.00536. The first-order chi connectivity index (χ1) is 23.4. The topological polar surface area (TPSA) is 18.5 Å². The second-order valence-electron chi connectivity index (χ2n) is 16.9. The molecule has 0 aliphatic heterocycles. The van der Waals surface area contributed by atoms with E-state index in [9.17, 15) is 8.78 Å². The number of halogens is 2. The van der Waals surface area contributed by atoms with E-state index in [-0.39, 0.29) is 22.5 Å². The predicted molar refractivity (Wildman–Crippen MR) is 185 cm³/mol. The van der Waals surface area contributed by atoms with Gasteiger partial charge in [-0.3, -0.25) is 0 Å². The third kappa shape index (κ3) is 5.00. The fourth-order valence-electron chi connectivity index (χ4n) is 12.6. The van der Waals surface area contributed by atoms with Crippen LogP contribution in [0.2, 0.25) is 0 Å². The Labute approximate surface area is 282 Å². The van der Waals surface area contributed by atoms with Crippen molar-refractivity contribution in [3.63, 3.8) is 0 Å². The third-order valence-corrected chi connectivity index (χ3v) is 13.6. The maximum atomic E-state index is 14.4. The van der Waals surface area contributed by atoms with Crippen molar-refractivity contribution < 1.29 is 18.3 Å². The fraction of sp³-hybridized carbons (Fsp3) is 0.455. The molecule has 246 valence electrons. The summed E-state index contributed by atoms with van der Waals surface area (Å²) in [5, 5.41) is 0. The molecule has 4 aromatic rings. The van der Waals surface area contributed by atoms with Crippen molar-refractivity contribution in [2.75, 3.05) is 0 Å². The van der Waals surface area contributed by atoms with Gasteiger partial charge in [-0.1, -0.05) is 24.3 Å². The Morgan fingerprint density at radius 2 is 0.792 bits per heavy atom. The minimum Gasteiger partial charge on any atom is -0.457 e. The van der Waals surface area contributed by atoms with E-state index in [1.165, 1.54) is 112 Å². The van der Waals surface area contributed by atoms with Gasteiger partial charge >= 0.3 is 0 Å². The quantitative estimate of drug-likeness (QED) is 0.200. The Morgan fingerprint density at radius 1 is 0.438 bits per heavy atom. The fourth-order valence-corrected chi connectivity index (χ4v) is 12.6. The van der Waals surface area contributed by atoms with Crippen LogP contribution in [0, 0.1) is 47.1 Å². The molecule has 0 aromatic heterocycles. The number of hydrogen-bond acceptors (Lipinski definition) is 2. The maximum Gasteiger partial charge on any atom is 0.135 e. The van der Waals surface area contributed by atoms with Gasteiger partial charge < -0.3 is 9.47 Å². The van der Waals surface area contributed by atoms with Crippen LogP contribution >= 0.6 is 0 Å². The number of hydrogen-bond donors (Lipinski definition) is 0. The van der Waals surface area contributed by atoms with Crippen LogP contribution in [0.25, 0.3) is 11.1 Å². The average molecular weight is 643 g/mol. The Bertz CT molecular complexity index is 1690. The summed E-state index contributed by atoms with van der Waals surface area (Å²) in [7, 11) is 0. The van der Waals surface area contributed by atoms with Gasteiger partial charge in [0.05, 0.1) is 0 Å². The van der Waals surface area contributed by atoms with Crippen LogP contribution in [-0.4, -0.2) is 0 Å². The molecule has 0 N–H and O–H groups in total. The van der Waals surface area contributed by atoms with Crippen LogP contribution in [-0.2, 0) is 10.8 Å². The largest absolute Gasteiger partial charge is 0.457 e. The van der Waals surface area contributed by atoms with Gasteiger partial charge in [0, 0.05) is 23.3 Å². The van der Waals surface area contributed by atoms with Crippen LogP contribution in [0.1, 0.15) is 88.2 Å². The molecule has 8 aliphatic rings. The highest BCUT2D eigenvalue weighted by atomic mass is 19.1. The van der Waals surface area contributed by atoms with Gasteiger partial charge in [-0.05, 0) is 183 Å². The Kier molecular flexibility index (Phi) is 6.66. The summed E-state index contributed by atoms with van der Waals surface area (Å²) in [6.07, 6.45) is 16.0. The monoisotopic (exact) mass is 642 g/mol. The van der Waals surface area contributed by atoms with E-state index in [4.69, 9.17) is 9.47 Å². The van der Waals surface area contributed by atoms with Crippen molar-refractivity contribution in [2.45, 2.75) is 87.9 Å². The van der Waals surface area contributed by atoms with Crippen molar-refractivity contribution in [3.05, 3.63) is 108 Å². The van der Waals surface area contributed by atoms with E-state index >= 15 is 0 Å². The summed E-state index contributed by atoms with van der Waals surface area (Å²) < 4.78 is 42.0. The zero-order valence-electron chi connectivity index (χ0n) is 27.6. The van der Waals surface area contributed by atoms with E-state index in [0.29, 0.717) is 23.0 Å². The van der Waals surface area contributed by atoms with Gasteiger partial charge in [-0.2, -0.15) is 0 Å². The molecule has 0 radical (unpaired) electrons. The molecule has 48 heavy (non-hydrogen) atoms. The zero-order valence-corrected chi connectivity index (χ0v) is 27.6. The van der Waals surface area contributed by atoms with E-state index in [1.807, 2.05) is 12.1 Å². The van der Waals surface area contributed by atoms with Crippen molar-refractivity contribution in [3.8, 4) is 34.1 Å². The van der Waals surface area contributed by atoms with Crippen LogP contribution in [0.4, 0.5) is 8.78 Å². The second-order valence-corrected chi connectivity index (χ2v) is 16.9. The normalized spacial score (nSPS) is 34.0. The highest BCUT2D eigenvalue weighted by molar-refractivity contribution is 5.78. The summed E-state index contributed by atoms with van der Waals surface area (Å²) >= 11 is 0. The summed E-state index contributed by atoms with van der Waals surface area (Å²) in [6.45, 7) is 0. The molecule has 8 fully saturated rings. The summed E-state index contributed by atoms with van der Waals surface area (Å²) in [5.74, 6) is 6.67. The zero-order chi connectivity index (χ0) is 32.0. The van der Waals surface area contributed by atoms with Gasteiger partial charge in [0.15, 0.2) is 0 Å². The van der Waals surface area contributed by atoms with Gasteiger partial charge in [0.25, 0.3) is 0 Å². The lowest BCUT2D eigenvalue weighted by Crippen LogP contribution is -2.48. The van der Waals surface area contributed by atoms with Crippen LogP contribution < -0.4 is 9.47 Å². The van der Waals surface area contributed by atoms with Crippen molar-refractivity contribution >= 4 is 0 Å². The molecular formula is C44H44F2O2. The second kappa shape index (κ2) is 10.9. The molecular weight excluding hydrogens is 598 g/mol. The SMILES string of the molecule is Fc1cccc(Oc2ccc(C34CC5CC(CC(C5)C3)C4)cc2-c2cc(C34CC5CC(CC(C5)C3)C4)ccc2Oc2cccc(F)c2)c1. The van der Waals surface area contributed by atoms with Crippen LogP contribution in [0.5, 0.6) is 23.0 Å². The van der Waals surface area contributed by atoms with E-state index in [2.05, 4.69) is 36.4 Å².